The Labute approximate surface area is 63.2 Å². The Morgan fingerprint density at radius 1 is 1.73 bits per heavy atom. The number of primary amides is 1. The number of cyclic esters (lactones) is 1. The highest BCUT2D eigenvalue weighted by atomic mass is 16.5. The zero-order valence-corrected chi connectivity index (χ0v) is 5.79. The van der Waals surface area contributed by atoms with Crippen molar-refractivity contribution in [2.45, 2.75) is 6.42 Å². The van der Waals surface area contributed by atoms with Gasteiger partial charge in [-0.2, -0.15) is 0 Å². The van der Waals surface area contributed by atoms with E-state index in [1.165, 1.54) is 6.20 Å². The molecule has 0 aromatic heterocycles. The molecule has 0 unspecified atom stereocenters. The Kier molecular flexibility index (Phi) is 2.10. The molecule has 0 aromatic rings. The van der Waals surface area contributed by atoms with Crippen molar-refractivity contribution in [3.8, 4) is 0 Å². The summed E-state index contributed by atoms with van der Waals surface area (Å²) in [6.07, 6.45) is 1.80. The number of rotatable bonds is 1. The van der Waals surface area contributed by atoms with E-state index in [-0.39, 0.29) is 0 Å². The van der Waals surface area contributed by atoms with Crippen LogP contribution in [-0.4, -0.2) is 18.6 Å². The number of nitrogens with one attached hydrogen (secondary N) is 1. The first-order chi connectivity index (χ1) is 5.20. The van der Waals surface area contributed by atoms with Gasteiger partial charge in [0.15, 0.2) is 0 Å². The second-order valence-electron chi connectivity index (χ2n) is 2.06. The fraction of sp³-hybridized carbons (Fsp3) is 0.333. The molecule has 2 amide bonds. The number of amides is 2. The largest absolute Gasteiger partial charge is 0.462 e. The minimum Gasteiger partial charge on any atom is -0.462 e. The van der Waals surface area contributed by atoms with E-state index >= 15 is 0 Å². The highest BCUT2D eigenvalue weighted by molar-refractivity contribution is 5.90. The standard InChI is InChI=1S/C6H8N2O3/c7-6(10)8-3-4-1-2-11-5(4)9/h3H,1-2H2,(H3,7,8,10). The fourth-order valence-electron chi connectivity index (χ4n) is 0.738. The SMILES string of the molecule is NC(=O)NC=C1CCOC1=O. The first-order valence-electron chi connectivity index (χ1n) is 3.12. The number of esters is 1. The van der Waals surface area contributed by atoms with Crippen molar-refractivity contribution in [2.75, 3.05) is 6.61 Å². The van der Waals surface area contributed by atoms with Gasteiger partial charge in [-0.1, -0.05) is 0 Å². The first-order valence-corrected chi connectivity index (χ1v) is 3.12. The summed E-state index contributed by atoms with van der Waals surface area (Å²) in [5, 5.41) is 2.19. The van der Waals surface area contributed by atoms with Crippen molar-refractivity contribution in [2.24, 2.45) is 5.73 Å². The maximum atomic E-state index is 10.7. The first kappa shape index (κ1) is 7.59. The number of urea groups is 1. The number of hydrogen-bond acceptors (Lipinski definition) is 3. The molecule has 1 aliphatic heterocycles. The van der Waals surface area contributed by atoms with Crippen LogP contribution in [0.25, 0.3) is 0 Å². The highest BCUT2D eigenvalue weighted by Crippen LogP contribution is 2.10. The minimum atomic E-state index is -0.683. The van der Waals surface area contributed by atoms with Gasteiger partial charge in [0.2, 0.25) is 0 Å². The van der Waals surface area contributed by atoms with Crippen LogP contribution in [-0.2, 0) is 9.53 Å². The maximum Gasteiger partial charge on any atom is 0.335 e. The van der Waals surface area contributed by atoms with Gasteiger partial charge in [-0.25, -0.2) is 9.59 Å². The second kappa shape index (κ2) is 3.05. The molecule has 5 nitrogen and oxygen atoms in total. The number of hydrogen-bond donors (Lipinski definition) is 2. The van der Waals surface area contributed by atoms with E-state index in [1.54, 1.807) is 0 Å². The minimum absolute atomic E-state index is 0.380. The summed E-state index contributed by atoms with van der Waals surface area (Å²) in [5.74, 6) is -0.390. The number of ether oxygens (including phenoxy) is 1. The van der Waals surface area contributed by atoms with Crippen LogP contribution >= 0.6 is 0 Å². The fourth-order valence-corrected chi connectivity index (χ4v) is 0.738. The molecule has 0 atom stereocenters. The van der Waals surface area contributed by atoms with Crippen molar-refractivity contribution >= 4 is 12.0 Å². The predicted octanol–water partition coefficient (Wildman–Crippen LogP) is -0.514. The predicted molar refractivity (Wildman–Crippen MR) is 36.4 cm³/mol. The van der Waals surface area contributed by atoms with Gasteiger partial charge in [0, 0.05) is 12.6 Å². The van der Waals surface area contributed by atoms with E-state index in [1.807, 2.05) is 0 Å². The van der Waals surface area contributed by atoms with E-state index < -0.39 is 12.0 Å². The van der Waals surface area contributed by atoms with Gasteiger partial charge in [-0.3, -0.25) is 0 Å². The van der Waals surface area contributed by atoms with Crippen LogP contribution in [0.15, 0.2) is 11.8 Å². The molecule has 0 saturated carbocycles. The van der Waals surface area contributed by atoms with Crippen LogP contribution in [0.5, 0.6) is 0 Å². The lowest BCUT2D eigenvalue weighted by Gasteiger charge is -1.92. The molecular weight excluding hydrogens is 148 g/mol. The summed E-state index contributed by atoms with van der Waals surface area (Å²) in [6.45, 7) is 0.380. The summed E-state index contributed by atoms with van der Waals surface area (Å²) in [7, 11) is 0. The quantitative estimate of drug-likeness (QED) is 0.396. The van der Waals surface area contributed by atoms with E-state index in [4.69, 9.17) is 5.73 Å². The van der Waals surface area contributed by atoms with E-state index in [2.05, 4.69) is 10.1 Å². The maximum absolute atomic E-state index is 10.7. The lowest BCUT2D eigenvalue weighted by molar-refractivity contribution is -0.135. The van der Waals surface area contributed by atoms with E-state index in [0.717, 1.165) is 0 Å². The normalized spacial score (nSPS) is 20.0. The van der Waals surface area contributed by atoms with Gasteiger partial charge >= 0.3 is 12.0 Å². The van der Waals surface area contributed by atoms with Crippen LogP contribution in [0.2, 0.25) is 0 Å². The molecule has 0 bridgehead atoms. The molecular formula is C6H8N2O3. The molecule has 60 valence electrons. The van der Waals surface area contributed by atoms with E-state index in [9.17, 15) is 9.59 Å². The summed E-state index contributed by atoms with van der Waals surface area (Å²) < 4.78 is 4.60. The molecule has 0 radical (unpaired) electrons. The monoisotopic (exact) mass is 156 g/mol. The second-order valence-corrected chi connectivity index (χ2v) is 2.06. The number of carbonyl (C=O) groups is 2. The van der Waals surface area contributed by atoms with Crippen LogP contribution in [0, 0.1) is 0 Å². The van der Waals surface area contributed by atoms with Gasteiger partial charge < -0.3 is 15.8 Å². The Morgan fingerprint density at radius 2 is 2.45 bits per heavy atom. The zero-order valence-electron chi connectivity index (χ0n) is 5.79. The Morgan fingerprint density at radius 3 is 2.91 bits per heavy atom. The zero-order chi connectivity index (χ0) is 8.27. The molecule has 0 aromatic carbocycles. The van der Waals surface area contributed by atoms with Crippen LogP contribution in [0.3, 0.4) is 0 Å². The molecule has 0 aliphatic carbocycles. The third-order valence-electron chi connectivity index (χ3n) is 1.26. The van der Waals surface area contributed by atoms with Gasteiger partial charge in [0.25, 0.3) is 0 Å². The lowest BCUT2D eigenvalue weighted by Crippen LogP contribution is -2.24. The van der Waals surface area contributed by atoms with Crippen LogP contribution in [0.1, 0.15) is 6.42 Å². The van der Waals surface area contributed by atoms with Crippen molar-refractivity contribution < 1.29 is 14.3 Å². The average molecular weight is 156 g/mol. The number of nitrogens with two attached hydrogens (primary N) is 1. The van der Waals surface area contributed by atoms with Crippen molar-refractivity contribution in [3.05, 3.63) is 11.8 Å². The Hall–Kier alpha value is -1.52. The van der Waals surface area contributed by atoms with Crippen LogP contribution in [0.4, 0.5) is 4.79 Å². The van der Waals surface area contributed by atoms with Gasteiger partial charge in [-0.05, 0) is 0 Å². The molecule has 1 heterocycles. The van der Waals surface area contributed by atoms with Crippen molar-refractivity contribution in [1.82, 2.24) is 5.32 Å². The molecule has 0 spiro atoms. The van der Waals surface area contributed by atoms with Gasteiger partial charge in [-0.15, -0.1) is 0 Å². The van der Waals surface area contributed by atoms with Gasteiger partial charge in [0.05, 0.1) is 12.2 Å². The summed E-state index contributed by atoms with van der Waals surface area (Å²) >= 11 is 0. The Balaban J connectivity index is 2.52. The third kappa shape index (κ3) is 1.96. The molecule has 1 aliphatic rings. The van der Waals surface area contributed by atoms with Crippen molar-refractivity contribution in [3.63, 3.8) is 0 Å². The molecule has 1 saturated heterocycles. The molecule has 5 heteroatoms. The molecule has 1 rings (SSSR count). The molecule has 11 heavy (non-hydrogen) atoms. The van der Waals surface area contributed by atoms with Gasteiger partial charge in [0.1, 0.15) is 0 Å². The molecule has 1 fully saturated rings. The summed E-state index contributed by atoms with van der Waals surface area (Å²) in [5.41, 5.74) is 5.22. The third-order valence-corrected chi connectivity index (χ3v) is 1.26. The van der Waals surface area contributed by atoms with Crippen LogP contribution < -0.4 is 11.1 Å². The lowest BCUT2D eigenvalue weighted by atomic mass is 10.2. The van der Waals surface area contributed by atoms with Crippen molar-refractivity contribution in [1.29, 1.82) is 0 Å². The highest BCUT2D eigenvalue weighted by Gasteiger charge is 2.18. The topological polar surface area (TPSA) is 81.4 Å². The summed E-state index contributed by atoms with van der Waals surface area (Å²) in [6, 6.07) is -0.683. The summed E-state index contributed by atoms with van der Waals surface area (Å²) in [4.78, 5) is 20.9. The Bertz CT molecular complexity index is 222. The van der Waals surface area contributed by atoms with E-state index in [0.29, 0.717) is 18.6 Å². The number of carbonyl (C=O) groups excluding carboxylic acids is 2. The smallest absolute Gasteiger partial charge is 0.335 e. The molecule has 3 N–H and O–H groups in total. The average Bonchev–Trinajstić information content (AvgIpc) is 2.31.